The SMILES string of the molecule is O=C(O)CCn1c(-c2ccc(F)c(Cl)c2)csc1=O. The number of carbonyl (C=O) groups is 1. The van der Waals surface area contributed by atoms with Crippen molar-refractivity contribution < 1.29 is 14.3 Å². The number of rotatable bonds is 4. The molecule has 0 saturated heterocycles. The minimum absolute atomic E-state index is 0.0408. The molecule has 0 aliphatic heterocycles. The first kappa shape index (κ1) is 13.8. The van der Waals surface area contributed by atoms with Gasteiger partial charge in [0, 0.05) is 17.5 Å². The number of hydrogen-bond acceptors (Lipinski definition) is 3. The van der Waals surface area contributed by atoms with E-state index in [1.807, 2.05) is 0 Å². The van der Waals surface area contributed by atoms with Gasteiger partial charge in [0.1, 0.15) is 5.82 Å². The molecule has 0 atom stereocenters. The second-order valence-corrected chi connectivity index (χ2v) is 5.04. The molecule has 1 aromatic heterocycles. The molecule has 19 heavy (non-hydrogen) atoms. The van der Waals surface area contributed by atoms with Crippen LogP contribution in [0.15, 0.2) is 28.4 Å². The normalized spacial score (nSPS) is 10.6. The molecule has 7 heteroatoms. The van der Waals surface area contributed by atoms with Crippen LogP contribution in [0.4, 0.5) is 4.39 Å². The molecular formula is C12H9ClFNO3S. The van der Waals surface area contributed by atoms with Crippen LogP contribution in [0.1, 0.15) is 6.42 Å². The Hall–Kier alpha value is -1.66. The lowest BCUT2D eigenvalue weighted by Crippen LogP contribution is -2.16. The van der Waals surface area contributed by atoms with Crippen LogP contribution in [0.2, 0.25) is 5.02 Å². The van der Waals surface area contributed by atoms with Gasteiger partial charge in [-0.15, -0.1) is 0 Å². The maximum absolute atomic E-state index is 13.1. The first-order chi connectivity index (χ1) is 8.99. The molecule has 0 saturated carbocycles. The van der Waals surface area contributed by atoms with Crippen LogP contribution >= 0.6 is 22.9 Å². The minimum atomic E-state index is -0.985. The van der Waals surface area contributed by atoms with Gasteiger partial charge in [-0.25, -0.2) is 4.39 Å². The van der Waals surface area contributed by atoms with Crippen LogP contribution in [-0.2, 0) is 11.3 Å². The molecular weight excluding hydrogens is 293 g/mol. The average Bonchev–Trinajstić information content (AvgIpc) is 2.71. The molecule has 1 aromatic carbocycles. The van der Waals surface area contributed by atoms with Crippen LogP contribution in [0.3, 0.4) is 0 Å². The van der Waals surface area contributed by atoms with E-state index < -0.39 is 11.8 Å². The second kappa shape index (κ2) is 5.54. The number of aliphatic carboxylic acids is 1. The van der Waals surface area contributed by atoms with Gasteiger partial charge in [0.2, 0.25) is 0 Å². The summed E-state index contributed by atoms with van der Waals surface area (Å²) in [5, 5.41) is 10.2. The maximum Gasteiger partial charge on any atom is 0.307 e. The van der Waals surface area contributed by atoms with Gasteiger partial charge in [-0.2, -0.15) is 0 Å². The summed E-state index contributed by atoms with van der Waals surface area (Å²) in [5.74, 6) is -1.53. The number of halogens is 2. The summed E-state index contributed by atoms with van der Waals surface area (Å²) in [4.78, 5) is 22.0. The third-order valence-corrected chi connectivity index (χ3v) is 3.60. The Kier molecular flexibility index (Phi) is 4.01. The van der Waals surface area contributed by atoms with Crippen LogP contribution in [0.5, 0.6) is 0 Å². The van der Waals surface area contributed by atoms with E-state index in [1.165, 1.54) is 22.8 Å². The standard InChI is InChI=1S/C12H9ClFNO3S/c13-8-5-7(1-2-9(8)14)10-6-19-12(18)15(10)4-3-11(16)17/h1-2,5-6H,3-4H2,(H,16,17). The zero-order chi connectivity index (χ0) is 14.0. The molecule has 4 nitrogen and oxygen atoms in total. The number of hydrogen-bond donors (Lipinski definition) is 1. The number of benzene rings is 1. The molecule has 0 amide bonds. The van der Waals surface area contributed by atoms with E-state index in [2.05, 4.69) is 0 Å². The fraction of sp³-hybridized carbons (Fsp3) is 0.167. The van der Waals surface area contributed by atoms with E-state index in [-0.39, 0.29) is 22.9 Å². The van der Waals surface area contributed by atoms with Crippen LogP contribution < -0.4 is 4.87 Å². The third-order valence-electron chi connectivity index (χ3n) is 2.55. The maximum atomic E-state index is 13.1. The summed E-state index contributed by atoms with van der Waals surface area (Å²) < 4.78 is 14.4. The highest BCUT2D eigenvalue weighted by Gasteiger charge is 2.11. The molecule has 0 bridgehead atoms. The summed E-state index contributed by atoms with van der Waals surface area (Å²) >= 11 is 6.66. The van der Waals surface area contributed by atoms with Crippen molar-refractivity contribution in [1.82, 2.24) is 4.57 Å². The fourth-order valence-corrected chi connectivity index (χ4v) is 2.60. The van der Waals surface area contributed by atoms with Crippen molar-refractivity contribution in [1.29, 1.82) is 0 Å². The van der Waals surface area contributed by atoms with Crippen molar-refractivity contribution in [2.24, 2.45) is 0 Å². The molecule has 0 aliphatic rings. The topological polar surface area (TPSA) is 59.3 Å². The highest BCUT2D eigenvalue weighted by molar-refractivity contribution is 7.07. The zero-order valence-electron chi connectivity index (χ0n) is 9.60. The Labute approximate surface area is 116 Å². The highest BCUT2D eigenvalue weighted by Crippen LogP contribution is 2.25. The van der Waals surface area contributed by atoms with E-state index in [0.717, 1.165) is 11.3 Å². The summed E-state index contributed by atoms with van der Waals surface area (Å²) in [6, 6.07) is 4.12. The molecule has 1 heterocycles. The van der Waals surface area contributed by atoms with Crippen LogP contribution in [0.25, 0.3) is 11.3 Å². The summed E-state index contributed by atoms with van der Waals surface area (Å²) in [5.41, 5.74) is 1.12. The van der Waals surface area contributed by atoms with Gasteiger partial charge in [0.15, 0.2) is 0 Å². The van der Waals surface area contributed by atoms with E-state index >= 15 is 0 Å². The van der Waals surface area contributed by atoms with Crippen molar-refractivity contribution in [2.75, 3.05) is 0 Å². The van der Waals surface area contributed by atoms with Crippen molar-refractivity contribution in [3.63, 3.8) is 0 Å². The molecule has 0 spiro atoms. The van der Waals surface area contributed by atoms with Crippen LogP contribution in [-0.4, -0.2) is 15.6 Å². The lowest BCUT2D eigenvalue weighted by atomic mass is 10.1. The summed E-state index contributed by atoms with van der Waals surface area (Å²) in [6.07, 6.45) is -0.154. The van der Waals surface area contributed by atoms with Gasteiger partial charge >= 0.3 is 10.8 Å². The Morgan fingerprint density at radius 3 is 2.84 bits per heavy atom. The third kappa shape index (κ3) is 3.02. The molecule has 0 unspecified atom stereocenters. The molecule has 2 aromatic rings. The van der Waals surface area contributed by atoms with Gasteiger partial charge < -0.3 is 5.11 Å². The number of carboxylic acids is 1. The monoisotopic (exact) mass is 301 g/mol. The lowest BCUT2D eigenvalue weighted by molar-refractivity contribution is -0.137. The van der Waals surface area contributed by atoms with E-state index in [9.17, 15) is 14.0 Å². The summed E-state index contributed by atoms with van der Waals surface area (Å²) in [6.45, 7) is 0.0714. The van der Waals surface area contributed by atoms with Gasteiger partial charge in [0.25, 0.3) is 0 Å². The molecule has 1 N–H and O–H groups in total. The van der Waals surface area contributed by atoms with E-state index in [4.69, 9.17) is 16.7 Å². The number of carboxylic acid groups (broad SMARTS) is 1. The van der Waals surface area contributed by atoms with Crippen molar-refractivity contribution in [2.45, 2.75) is 13.0 Å². The minimum Gasteiger partial charge on any atom is -0.481 e. The van der Waals surface area contributed by atoms with Gasteiger partial charge in [-0.05, 0) is 18.2 Å². The Morgan fingerprint density at radius 2 is 2.21 bits per heavy atom. The fourth-order valence-electron chi connectivity index (χ4n) is 1.63. The zero-order valence-corrected chi connectivity index (χ0v) is 11.2. The second-order valence-electron chi connectivity index (χ2n) is 3.81. The quantitative estimate of drug-likeness (QED) is 0.944. The number of thiazole rings is 1. The first-order valence-corrected chi connectivity index (χ1v) is 6.60. The highest BCUT2D eigenvalue weighted by atomic mass is 35.5. The molecule has 100 valence electrons. The van der Waals surface area contributed by atoms with E-state index in [0.29, 0.717) is 11.3 Å². The number of nitrogens with zero attached hydrogens (tertiary/aromatic N) is 1. The Balaban J connectivity index is 2.41. The van der Waals surface area contributed by atoms with Gasteiger partial charge in [-0.3, -0.25) is 14.2 Å². The predicted molar refractivity (Wildman–Crippen MR) is 71.2 cm³/mol. The Bertz CT molecular complexity index is 680. The van der Waals surface area contributed by atoms with Gasteiger partial charge in [0.05, 0.1) is 17.1 Å². The number of aromatic nitrogens is 1. The largest absolute Gasteiger partial charge is 0.481 e. The average molecular weight is 302 g/mol. The molecule has 2 rings (SSSR count). The lowest BCUT2D eigenvalue weighted by Gasteiger charge is -2.07. The molecule has 0 radical (unpaired) electrons. The van der Waals surface area contributed by atoms with E-state index in [1.54, 1.807) is 5.38 Å². The van der Waals surface area contributed by atoms with Gasteiger partial charge in [-0.1, -0.05) is 22.9 Å². The van der Waals surface area contributed by atoms with Crippen molar-refractivity contribution >= 4 is 28.9 Å². The predicted octanol–water partition coefficient (Wildman–Crippen LogP) is 2.84. The smallest absolute Gasteiger partial charge is 0.307 e. The Morgan fingerprint density at radius 1 is 1.47 bits per heavy atom. The van der Waals surface area contributed by atoms with Crippen LogP contribution in [0, 0.1) is 5.82 Å². The molecule has 0 aliphatic carbocycles. The summed E-state index contributed by atoms with van der Waals surface area (Å²) in [7, 11) is 0. The first-order valence-electron chi connectivity index (χ1n) is 5.34. The van der Waals surface area contributed by atoms with Crippen molar-refractivity contribution in [3.8, 4) is 11.3 Å². The van der Waals surface area contributed by atoms with Crippen molar-refractivity contribution in [3.05, 3.63) is 44.1 Å². The molecule has 0 fully saturated rings.